The second-order valence-electron chi connectivity index (χ2n) is 8.64. The third-order valence-corrected chi connectivity index (χ3v) is 7.41. The van der Waals surface area contributed by atoms with Crippen molar-refractivity contribution in [2.45, 2.75) is 50.1 Å². The van der Waals surface area contributed by atoms with Crippen LogP contribution in [0.5, 0.6) is 0 Å². The van der Waals surface area contributed by atoms with Crippen molar-refractivity contribution in [2.24, 2.45) is 0 Å². The number of fused-ring (bicyclic) bond motifs is 2. The molecule has 5 rings (SSSR count). The van der Waals surface area contributed by atoms with Crippen molar-refractivity contribution in [1.29, 1.82) is 0 Å². The number of carbonyl (C=O) groups excluding carboxylic acids is 2. The predicted octanol–water partition coefficient (Wildman–Crippen LogP) is 4.59. The number of aromatic nitrogens is 2. The summed E-state index contributed by atoms with van der Waals surface area (Å²) in [6, 6.07) is 18.5. The molecule has 0 saturated carbocycles. The van der Waals surface area contributed by atoms with Crippen molar-refractivity contribution < 1.29 is 9.59 Å². The van der Waals surface area contributed by atoms with Gasteiger partial charge in [-0.1, -0.05) is 54.2 Å². The summed E-state index contributed by atoms with van der Waals surface area (Å²) in [5.41, 5.74) is 5.27. The number of hydrogen-bond acceptors (Lipinski definition) is 4. The zero-order valence-corrected chi connectivity index (χ0v) is 19.6. The van der Waals surface area contributed by atoms with Crippen LogP contribution in [0, 0.1) is 6.92 Å². The topological polar surface area (TPSA) is 67.2 Å². The summed E-state index contributed by atoms with van der Waals surface area (Å²) in [5.74, 6) is 0.507. The Morgan fingerprint density at radius 3 is 2.79 bits per heavy atom. The zero-order valence-electron chi connectivity index (χ0n) is 18.8. The number of amides is 2. The molecule has 6 nitrogen and oxygen atoms in total. The van der Waals surface area contributed by atoms with Crippen molar-refractivity contribution in [3.8, 4) is 5.69 Å². The van der Waals surface area contributed by atoms with Crippen LogP contribution in [-0.2, 0) is 16.0 Å². The van der Waals surface area contributed by atoms with Gasteiger partial charge >= 0.3 is 0 Å². The molecule has 0 fully saturated rings. The molecule has 0 spiro atoms. The molecule has 1 aliphatic heterocycles. The van der Waals surface area contributed by atoms with E-state index in [1.165, 1.54) is 22.9 Å². The summed E-state index contributed by atoms with van der Waals surface area (Å²) >= 11 is 1.53. The third-order valence-electron chi connectivity index (χ3n) is 6.38. The van der Waals surface area contributed by atoms with Gasteiger partial charge in [0.2, 0.25) is 11.8 Å². The third kappa shape index (κ3) is 4.42. The van der Waals surface area contributed by atoms with Crippen LogP contribution in [0.1, 0.15) is 48.5 Å². The van der Waals surface area contributed by atoms with Crippen LogP contribution in [0.15, 0.2) is 59.6 Å². The highest BCUT2D eigenvalue weighted by atomic mass is 32.2. The number of para-hydroxylation sites is 1. The summed E-state index contributed by atoms with van der Waals surface area (Å²) in [7, 11) is 0. The number of hydrogen-bond donors (Lipinski definition) is 1. The molecule has 170 valence electrons. The molecule has 7 heteroatoms. The minimum Gasteiger partial charge on any atom is -0.349 e. The molecule has 1 N–H and O–H groups in total. The lowest BCUT2D eigenvalue weighted by molar-refractivity contribution is -0.122. The van der Waals surface area contributed by atoms with Crippen LogP contribution in [0.2, 0.25) is 0 Å². The van der Waals surface area contributed by atoms with Gasteiger partial charge < -0.3 is 10.2 Å². The molecule has 1 aromatic heterocycles. The molecule has 2 heterocycles. The van der Waals surface area contributed by atoms with E-state index in [1.54, 1.807) is 0 Å². The van der Waals surface area contributed by atoms with E-state index in [4.69, 9.17) is 5.10 Å². The summed E-state index contributed by atoms with van der Waals surface area (Å²) in [6.45, 7) is 2.46. The normalized spacial score (nSPS) is 17.4. The Bertz CT molecular complexity index is 1170. The van der Waals surface area contributed by atoms with E-state index in [0.717, 1.165) is 41.4 Å². The highest BCUT2D eigenvalue weighted by Gasteiger charge is 2.31. The van der Waals surface area contributed by atoms with Gasteiger partial charge in [-0.2, -0.15) is 5.10 Å². The van der Waals surface area contributed by atoms with Gasteiger partial charge in [0.1, 0.15) is 5.03 Å². The smallest absolute Gasteiger partial charge is 0.237 e. The van der Waals surface area contributed by atoms with Crippen LogP contribution in [0.25, 0.3) is 5.69 Å². The predicted molar refractivity (Wildman–Crippen MR) is 131 cm³/mol. The minimum atomic E-state index is 0.0486. The van der Waals surface area contributed by atoms with Gasteiger partial charge in [-0.05, 0) is 55.9 Å². The molecule has 33 heavy (non-hydrogen) atoms. The lowest BCUT2D eigenvalue weighted by Gasteiger charge is -2.28. The van der Waals surface area contributed by atoms with Crippen LogP contribution < -0.4 is 10.2 Å². The lowest BCUT2D eigenvalue weighted by Crippen LogP contribution is -2.37. The Balaban J connectivity index is 1.24. The SMILES string of the molecule is Cc1nn(-c2ccccc2)c2c1N(CCCC(=O)NC1CCCc3ccccc31)C(=O)CS2. The number of benzene rings is 2. The van der Waals surface area contributed by atoms with E-state index in [9.17, 15) is 9.59 Å². The molecular formula is C26H28N4O2S. The first kappa shape index (κ1) is 21.8. The molecule has 0 radical (unpaired) electrons. The number of aryl methyl sites for hydroxylation is 2. The molecule has 1 atom stereocenters. The lowest BCUT2D eigenvalue weighted by atomic mass is 9.87. The van der Waals surface area contributed by atoms with Gasteiger partial charge in [-0.15, -0.1) is 0 Å². The first-order valence-corrected chi connectivity index (χ1v) is 12.6. The van der Waals surface area contributed by atoms with E-state index in [2.05, 4.69) is 23.5 Å². The molecule has 3 aromatic rings. The van der Waals surface area contributed by atoms with E-state index in [-0.39, 0.29) is 17.9 Å². The second kappa shape index (κ2) is 9.43. The first-order valence-electron chi connectivity index (χ1n) is 11.6. The largest absolute Gasteiger partial charge is 0.349 e. The van der Waals surface area contributed by atoms with Crippen molar-refractivity contribution in [3.63, 3.8) is 0 Å². The number of rotatable bonds is 6. The van der Waals surface area contributed by atoms with Gasteiger partial charge in [0.25, 0.3) is 0 Å². The maximum absolute atomic E-state index is 12.8. The second-order valence-corrected chi connectivity index (χ2v) is 9.60. The van der Waals surface area contributed by atoms with Crippen molar-refractivity contribution in [3.05, 3.63) is 71.4 Å². The Kier molecular flexibility index (Phi) is 6.22. The Morgan fingerprint density at radius 1 is 1.15 bits per heavy atom. The molecule has 1 unspecified atom stereocenters. The summed E-state index contributed by atoms with van der Waals surface area (Å²) in [6.07, 6.45) is 4.17. The maximum Gasteiger partial charge on any atom is 0.237 e. The summed E-state index contributed by atoms with van der Waals surface area (Å²) in [5, 5.41) is 8.92. The molecular weight excluding hydrogens is 432 g/mol. The highest BCUT2D eigenvalue weighted by Crippen LogP contribution is 2.39. The van der Waals surface area contributed by atoms with E-state index in [0.29, 0.717) is 25.1 Å². The van der Waals surface area contributed by atoms with E-state index in [1.807, 2.05) is 52.9 Å². The molecule has 2 amide bonds. The number of carbonyl (C=O) groups is 2. The maximum atomic E-state index is 12.8. The minimum absolute atomic E-state index is 0.0486. The van der Waals surface area contributed by atoms with Crippen LogP contribution >= 0.6 is 11.8 Å². The average molecular weight is 461 g/mol. The summed E-state index contributed by atoms with van der Waals surface area (Å²) in [4.78, 5) is 27.3. The van der Waals surface area contributed by atoms with Gasteiger partial charge in [0.15, 0.2) is 0 Å². The monoisotopic (exact) mass is 460 g/mol. The quantitative estimate of drug-likeness (QED) is 0.584. The fraction of sp³-hybridized carbons (Fsp3) is 0.346. The molecule has 0 bridgehead atoms. The van der Waals surface area contributed by atoms with Crippen LogP contribution in [-0.4, -0.2) is 33.9 Å². The summed E-state index contributed by atoms with van der Waals surface area (Å²) < 4.78 is 1.92. The van der Waals surface area contributed by atoms with Crippen LogP contribution in [0.3, 0.4) is 0 Å². The number of thioether (sulfide) groups is 1. The molecule has 0 saturated heterocycles. The van der Waals surface area contributed by atoms with E-state index < -0.39 is 0 Å². The van der Waals surface area contributed by atoms with Gasteiger partial charge in [-0.3, -0.25) is 9.59 Å². The Labute approximate surface area is 198 Å². The Morgan fingerprint density at radius 2 is 1.94 bits per heavy atom. The number of anilines is 1. The van der Waals surface area contributed by atoms with Gasteiger partial charge in [-0.25, -0.2) is 4.68 Å². The standard InChI is InChI=1S/C26H28N4O2S/c1-18-25-26(30(28-18)20-11-3-2-4-12-20)33-17-24(32)29(25)16-8-15-23(31)27-22-14-7-10-19-9-5-6-13-21(19)22/h2-6,9,11-13,22H,7-8,10,14-17H2,1H3,(H,27,31). The number of nitrogens with one attached hydrogen (secondary N) is 1. The highest BCUT2D eigenvalue weighted by molar-refractivity contribution is 8.00. The Hall–Kier alpha value is -3.06. The fourth-order valence-corrected chi connectivity index (χ4v) is 5.90. The van der Waals surface area contributed by atoms with E-state index >= 15 is 0 Å². The molecule has 2 aliphatic rings. The van der Waals surface area contributed by atoms with Gasteiger partial charge in [0, 0.05) is 13.0 Å². The van der Waals surface area contributed by atoms with Crippen molar-refractivity contribution in [2.75, 3.05) is 17.2 Å². The molecule has 2 aromatic carbocycles. The average Bonchev–Trinajstić information content (AvgIpc) is 3.18. The van der Waals surface area contributed by atoms with Crippen LogP contribution in [0.4, 0.5) is 5.69 Å². The van der Waals surface area contributed by atoms with Crippen molar-refractivity contribution >= 4 is 29.3 Å². The number of nitrogens with zero attached hydrogens (tertiary/aromatic N) is 3. The molecule has 1 aliphatic carbocycles. The first-order chi connectivity index (χ1) is 16.1. The van der Waals surface area contributed by atoms with Crippen molar-refractivity contribution in [1.82, 2.24) is 15.1 Å². The van der Waals surface area contributed by atoms with Gasteiger partial charge in [0.05, 0.1) is 28.9 Å². The fourth-order valence-electron chi connectivity index (χ4n) is 4.82. The zero-order chi connectivity index (χ0) is 22.8.